The van der Waals surface area contributed by atoms with Crippen LogP contribution in [-0.2, 0) is 4.79 Å². The first-order chi connectivity index (χ1) is 14.9. The van der Waals surface area contributed by atoms with Crippen LogP contribution in [0.4, 0.5) is 0 Å². The molecule has 4 rings (SSSR count). The van der Waals surface area contributed by atoms with Gasteiger partial charge in [0.1, 0.15) is 0 Å². The van der Waals surface area contributed by atoms with Crippen LogP contribution < -0.4 is 0 Å². The normalized spacial score (nSPS) is 42.3. The van der Waals surface area contributed by atoms with Crippen LogP contribution in [-0.4, -0.2) is 35.4 Å². The highest BCUT2D eigenvalue weighted by Gasteiger charge is 2.60. The summed E-state index contributed by atoms with van der Waals surface area (Å²) in [5, 5.41) is 0. The Morgan fingerprint density at radius 3 is 2.45 bits per heavy atom. The van der Waals surface area contributed by atoms with E-state index in [2.05, 4.69) is 44.5 Å². The standard InChI is InChI=1S/C28H49NOS/c1-5-6-7-8-9-10-19-31-20-21-11-13-23-22-12-14-25-28(3,18-16-26(30)29(25)4)24(22)15-17-27(21,23)2/h21-25H,5-20H2,1-4H3/t21?,22-,23-,24-,25+,27+,28+/m0/s1. The van der Waals surface area contributed by atoms with Crippen LogP contribution in [0.3, 0.4) is 0 Å². The zero-order chi connectivity index (χ0) is 22.1. The van der Waals surface area contributed by atoms with Gasteiger partial charge in [-0.15, -0.1) is 0 Å². The molecule has 4 aliphatic rings. The number of nitrogens with zero attached hydrogens (tertiary/aromatic N) is 1. The van der Waals surface area contributed by atoms with Crippen molar-refractivity contribution < 1.29 is 4.79 Å². The largest absolute Gasteiger partial charge is 0.342 e. The maximum atomic E-state index is 12.4. The minimum atomic E-state index is 0.373. The van der Waals surface area contributed by atoms with Crippen LogP contribution >= 0.6 is 11.8 Å². The lowest BCUT2D eigenvalue weighted by Gasteiger charge is -2.61. The van der Waals surface area contributed by atoms with Gasteiger partial charge in [0.05, 0.1) is 0 Å². The molecule has 1 unspecified atom stereocenters. The Labute approximate surface area is 197 Å². The molecular formula is C28H49NOS. The molecule has 1 heterocycles. The Hall–Kier alpha value is -0.180. The van der Waals surface area contributed by atoms with Crippen LogP contribution in [0.5, 0.6) is 0 Å². The van der Waals surface area contributed by atoms with E-state index in [4.69, 9.17) is 0 Å². The lowest BCUT2D eigenvalue weighted by molar-refractivity contribution is -0.158. The highest BCUT2D eigenvalue weighted by Crippen LogP contribution is 2.66. The van der Waals surface area contributed by atoms with E-state index in [-0.39, 0.29) is 0 Å². The van der Waals surface area contributed by atoms with Gasteiger partial charge in [0.25, 0.3) is 0 Å². The number of fused-ring (bicyclic) bond motifs is 5. The van der Waals surface area contributed by atoms with Crippen molar-refractivity contribution >= 4 is 17.7 Å². The summed E-state index contributed by atoms with van der Waals surface area (Å²) in [6, 6.07) is 0.504. The number of carbonyl (C=O) groups excluding carboxylic acids is 1. The van der Waals surface area contributed by atoms with E-state index in [9.17, 15) is 4.79 Å². The molecule has 2 nitrogen and oxygen atoms in total. The average Bonchev–Trinajstić information content (AvgIpc) is 3.09. The third-order valence-corrected chi connectivity index (χ3v) is 11.9. The van der Waals surface area contributed by atoms with E-state index in [1.807, 2.05) is 0 Å². The molecule has 1 saturated heterocycles. The van der Waals surface area contributed by atoms with E-state index < -0.39 is 0 Å². The second kappa shape index (κ2) is 9.98. The van der Waals surface area contributed by atoms with Gasteiger partial charge in [-0.1, -0.05) is 52.9 Å². The number of hydrogen-bond donors (Lipinski definition) is 0. The van der Waals surface area contributed by atoms with Gasteiger partial charge in [-0.05, 0) is 97.4 Å². The predicted octanol–water partition coefficient (Wildman–Crippen LogP) is 7.56. The monoisotopic (exact) mass is 447 g/mol. The molecule has 0 aromatic heterocycles. The number of hydrogen-bond acceptors (Lipinski definition) is 2. The van der Waals surface area contributed by atoms with Crippen LogP contribution in [0.15, 0.2) is 0 Å². The summed E-state index contributed by atoms with van der Waals surface area (Å²) in [7, 11) is 2.09. The maximum Gasteiger partial charge on any atom is 0.222 e. The number of unbranched alkanes of at least 4 members (excludes halogenated alkanes) is 5. The Kier molecular flexibility index (Phi) is 7.71. The average molecular weight is 448 g/mol. The number of amides is 1. The SMILES string of the molecule is CCCCCCCCSCC1CC[C@H]2[C@@H]3CC[C@H]4N(C)C(=O)CC[C@]4(C)[C@H]3CC[C@]12C. The molecule has 0 N–H and O–H groups in total. The highest BCUT2D eigenvalue weighted by molar-refractivity contribution is 7.99. The van der Waals surface area contributed by atoms with Crippen molar-refractivity contribution in [3.8, 4) is 0 Å². The number of piperidine rings is 1. The number of carbonyl (C=O) groups is 1. The molecule has 0 bridgehead atoms. The zero-order valence-corrected chi connectivity index (χ0v) is 21.8. The molecule has 1 aliphatic heterocycles. The summed E-state index contributed by atoms with van der Waals surface area (Å²) in [6.07, 6.45) is 18.9. The smallest absolute Gasteiger partial charge is 0.222 e. The van der Waals surface area contributed by atoms with Crippen molar-refractivity contribution in [3.63, 3.8) is 0 Å². The summed E-state index contributed by atoms with van der Waals surface area (Å²) in [6.45, 7) is 7.55. The van der Waals surface area contributed by atoms with Gasteiger partial charge >= 0.3 is 0 Å². The summed E-state index contributed by atoms with van der Waals surface area (Å²) >= 11 is 2.27. The molecule has 178 valence electrons. The summed E-state index contributed by atoms with van der Waals surface area (Å²) in [4.78, 5) is 14.5. The Balaban J connectivity index is 1.31. The first-order valence-corrected chi connectivity index (χ1v) is 14.9. The minimum absolute atomic E-state index is 0.373. The van der Waals surface area contributed by atoms with Crippen LogP contribution in [0, 0.1) is 34.5 Å². The highest BCUT2D eigenvalue weighted by atomic mass is 32.2. The molecule has 31 heavy (non-hydrogen) atoms. The molecule has 4 fully saturated rings. The fourth-order valence-electron chi connectivity index (χ4n) is 8.74. The maximum absolute atomic E-state index is 12.4. The minimum Gasteiger partial charge on any atom is -0.342 e. The Morgan fingerprint density at radius 2 is 1.65 bits per heavy atom. The lowest BCUT2D eigenvalue weighted by Crippen LogP contribution is -2.61. The van der Waals surface area contributed by atoms with Crippen LogP contribution in [0.1, 0.15) is 111 Å². The molecule has 0 aromatic carbocycles. The van der Waals surface area contributed by atoms with Gasteiger partial charge in [-0.2, -0.15) is 11.8 Å². The lowest BCUT2D eigenvalue weighted by atomic mass is 9.47. The van der Waals surface area contributed by atoms with Crippen LogP contribution in [0.25, 0.3) is 0 Å². The quantitative estimate of drug-likeness (QED) is 0.340. The molecule has 3 heteroatoms. The molecule has 1 amide bonds. The third-order valence-electron chi connectivity index (χ3n) is 10.7. The Morgan fingerprint density at radius 1 is 0.903 bits per heavy atom. The van der Waals surface area contributed by atoms with Crippen molar-refractivity contribution in [2.24, 2.45) is 34.5 Å². The fraction of sp³-hybridized carbons (Fsp3) is 0.964. The number of thioether (sulfide) groups is 1. The van der Waals surface area contributed by atoms with E-state index in [0.29, 0.717) is 22.8 Å². The van der Waals surface area contributed by atoms with Crippen molar-refractivity contribution in [1.29, 1.82) is 0 Å². The molecular weight excluding hydrogens is 398 g/mol. The predicted molar refractivity (Wildman–Crippen MR) is 134 cm³/mol. The number of likely N-dealkylation sites (tertiary alicyclic amines) is 1. The van der Waals surface area contributed by atoms with E-state index >= 15 is 0 Å². The summed E-state index contributed by atoms with van der Waals surface area (Å²) in [5.41, 5.74) is 0.965. The molecule has 0 aromatic rings. The summed E-state index contributed by atoms with van der Waals surface area (Å²) < 4.78 is 0. The number of rotatable bonds is 9. The van der Waals surface area contributed by atoms with Gasteiger partial charge in [0, 0.05) is 19.5 Å². The summed E-state index contributed by atoms with van der Waals surface area (Å²) in [5.74, 6) is 6.87. The van der Waals surface area contributed by atoms with Gasteiger partial charge in [-0.3, -0.25) is 4.79 Å². The van der Waals surface area contributed by atoms with Crippen molar-refractivity contribution in [1.82, 2.24) is 4.90 Å². The van der Waals surface area contributed by atoms with Gasteiger partial charge in [0.15, 0.2) is 0 Å². The molecule has 3 saturated carbocycles. The van der Waals surface area contributed by atoms with Gasteiger partial charge in [-0.25, -0.2) is 0 Å². The van der Waals surface area contributed by atoms with Crippen molar-refractivity contribution in [2.75, 3.05) is 18.6 Å². The molecule has 0 spiro atoms. The van der Waals surface area contributed by atoms with E-state index in [0.717, 1.165) is 36.5 Å². The second-order valence-corrected chi connectivity index (χ2v) is 13.3. The topological polar surface area (TPSA) is 20.3 Å². The van der Waals surface area contributed by atoms with Crippen molar-refractivity contribution in [2.45, 2.75) is 117 Å². The second-order valence-electron chi connectivity index (χ2n) is 12.1. The first kappa shape index (κ1) is 24.0. The van der Waals surface area contributed by atoms with Crippen LogP contribution in [0.2, 0.25) is 0 Å². The molecule has 0 radical (unpaired) electrons. The van der Waals surface area contributed by atoms with Gasteiger partial charge < -0.3 is 4.90 Å². The zero-order valence-electron chi connectivity index (χ0n) is 21.0. The van der Waals surface area contributed by atoms with Crippen molar-refractivity contribution in [3.05, 3.63) is 0 Å². The van der Waals surface area contributed by atoms with E-state index in [1.165, 1.54) is 88.6 Å². The van der Waals surface area contributed by atoms with Gasteiger partial charge in [0.2, 0.25) is 5.91 Å². The van der Waals surface area contributed by atoms with E-state index in [1.54, 1.807) is 0 Å². The molecule has 7 atom stereocenters. The molecule has 3 aliphatic carbocycles. The Bertz CT molecular complexity index is 622. The first-order valence-electron chi connectivity index (χ1n) is 13.7. The third kappa shape index (κ3) is 4.47. The fourth-order valence-corrected chi connectivity index (χ4v) is 10.1.